The van der Waals surface area contributed by atoms with Gasteiger partial charge in [-0.25, -0.2) is 15.0 Å². The molecule has 2 unspecified atom stereocenters. The minimum absolute atomic E-state index is 0.00909. The molecular weight excluding hydrogens is 446 g/mol. The van der Waals surface area contributed by atoms with E-state index in [1.165, 1.54) is 12.7 Å². The van der Waals surface area contributed by atoms with E-state index in [1.54, 1.807) is 4.57 Å². The van der Waals surface area contributed by atoms with Gasteiger partial charge in [-0.3, -0.25) is 4.57 Å². The lowest BCUT2D eigenvalue weighted by molar-refractivity contribution is -0.123. The molecule has 1 aliphatic heterocycles. The van der Waals surface area contributed by atoms with Crippen LogP contribution in [0.15, 0.2) is 73.3 Å². The first-order valence-electron chi connectivity index (χ1n) is 11.1. The summed E-state index contributed by atoms with van der Waals surface area (Å²) >= 11 is 0. The average molecular weight is 472 g/mol. The quantitative estimate of drug-likeness (QED) is 0.377. The maximum atomic E-state index is 11.4. The second kappa shape index (κ2) is 9.82. The zero-order valence-electron chi connectivity index (χ0n) is 18.9. The summed E-state index contributed by atoms with van der Waals surface area (Å²) in [5, 5.41) is 11.4. The van der Waals surface area contributed by atoms with Gasteiger partial charge in [0, 0.05) is 0 Å². The third-order valence-electron chi connectivity index (χ3n) is 6.00. The molecule has 3 heterocycles. The lowest BCUT2D eigenvalue weighted by atomic mass is 9.96. The topological polar surface area (TPSA) is 118 Å². The smallest absolute Gasteiger partial charge is 0.182 e. The molecule has 1 fully saturated rings. The second-order valence-electron chi connectivity index (χ2n) is 8.31. The van der Waals surface area contributed by atoms with E-state index in [4.69, 9.17) is 26.4 Å². The highest BCUT2D eigenvalue weighted by atomic mass is 16.6. The fourth-order valence-electron chi connectivity index (χ4n) is 4.22. The number of nitrogen functional groups attached to an aromatic ring is 1. The number of aliphatic hydroxyl groups is 1. The third kappa shape index (κ3) is 4.48. The van der Waals surface area contributed by atoms with Crippen molar-refractivity contribution in [3.8, 4) is 12.3 Å². The van der Waals surface area contributed by atoms with Crippen LogP contribution in [0.25, 0.3) is 11.2 Å². The van der Waals surface area contributed by atoms with Crippen LogP contribution in [0.1, 0.15) is 17.4 Å². The molecule has 9 heteroatoms. The number of ether oxygens (including phenoxy) is 3. The second-order valence-corrected chi connectivity index (χ2v) is 8.31. The summed E-state index contributed by atoms with van der Waals surface area (Å²) in [7, 11) is 0. The molecule has 35 heavy (non-hydrogen) atoms. The summed E-state index contributed by atoms with van der Waals surface area (Å²) in [6.45, 7) is 0.577. The number of rotatable bonds is 8. The van der Waals surface area contributed by atoms with Crippen molar-refractivity contribution in [2.45, 2.75) is 37.3 Å². The zero-order chi connectivity index (χ0) is 24.3. The van der Waals surface area contributed by atoms with Crippen LogP contribution in [0.5, 0.6) is 0 Å². The SMILES string of the molecule is C#C[C@]1(COCc2ccccc2)O[C@@H](n2cnc3c(N)ncnc32)C(O)C1OCc1ccccc1. The lowest BCUT2D eigenvalue weighted by Crippen LogP contribution is -2.47. The van der Waals surface area contributed by atoms with Gasteiger partial charge in [-0.1, -0.05) is 66.6 Å². The molecule has 0 amide bonds. The highest BCUT2D eigenvalue weighted by Gasteiger charge is 2.56. The minimum Gasteiger partial charge on any atom is -0.386 e. The Morgan fingerprint density at radius 2 is 1.71 bits per heavy atom. The van der Waals surface area contributed by atoms with Crippen LogP contribution in [0.4, 0.5) is 5.82 Å². The first kappa shape index (κ1) is 23.0. The van der Waals surface area contributed by atoms with Gasteiger partial charge in [0.2, 0.25) is 0 Å². The van der Waals surface area contributed by atoms with E-state index >= 15 is 0 Å². The van der Waals surface area contributed by atoms with E-state index in [1.807, 2.05) is 60.7 Å². The van der Waals surface area contributed by atoms with Gasteiger partial charge in [0.25, 0.3) is 0 Å². The number of nitrogens with two attached hydrogens (primary N) is 1. The van der Waals surface area contributed by atoms with Crippen molar-refractivity contribution in [3.05, 3.63) is 84.4 Å². The summed E-state index contributed by atoms with van der Waals surface area (Å²) in [5.74, 6) is 2.94. The number of hydrogen-bond acceptors (Lipinski definition) is 8. The van der Waals surface area contributed by atoms with Crippen molar-refractivity contribution in [2.24, 2.45) is 0 Å². The molecule has 2 aromatic heterocycles. The van der Waals surface area contributed by atoms with Crippen LogP contribution >= 0.6 is 0 Å². The number of imidazole rings is 1. The number of fused-ring (bicyclic) bond motifs is 1. The van der Waals surface area contributed by atoms with Gasteiger partial charge in [-0.2, -0.15) is 0 Å². The monoisotopic (exact) mass is 471 g/mol. The number of anilines is 1. The molecule has 4 aromatic rings. The summed E-state index contributed by atoms with van der Waals surface area (Å²) in [6.07, 6.45) is 5.89. The van der Waals surface area contributed by atoms with Crippen molar-refractivity contribution in [3.63, 3.8) is 0 Å². The van der Waals surface area contributed by atoms with Gasteiger partial charge in [0.05, 0.1) is 26.1 Å². The van der Waals surface area contributed by atoms with Crippen LogP contribution in [-0.4, -0.2) is 49.0 Å². The van der Waals surface area contributed by atoms with Gasteiger partial charge in [0.15, 0.2) is 23.3 Å². The van der Waals surface area contributed by atoms with Gasteiger partial charge in [-0.15, -0.1) is 6.42 Å². The Labute approximate surface area is 202 Å². The molecule has 2 aromatic carbocycles. The largest absolute Gasteiger partial charge is 0.386 e. The molecular formula is C26H25N5O4. The maximum Gasteiger partial charge on any atom is 0.182 e. The van der Waals surface area contributed by atoms with Gasteiger partial charge >= 0.3 is 0 Å². The maximum absolute atomic E-state index is 11.4. The number of aromatic nitrogens is 4. The highest BCUT2D eigenvalue weighted by molar-refractivity contribution is 5.81. The Bertz CT molecular complexity index is 1320. The predicted molar refractivity (Wildman–Crippen MR) is 129 cm³/mol. The Balaban J connectivity index is 1.44. The van der Waals surface area contributed by atoms with E-state index in [0.29, 0.717) is 17.8 Å². The van der Waals surface area contributed by atoms with Crippen LogP contribution in [0.3, 0.4) is 0 Å². The summed E-state index contributed by atoms with van der Waals surface area (Å²) in [5.41, 5.74) is 7.33. The van der Waals surface area contributed by atoms with Crippen molar-refractivity contribution in [1.29, 1.82) is 0 Å². The van der Waals surface area contributed by atoms with Crippen LogP contribution in [0, 0.1) is 12.3 Å². The molecule has 178 valence electrons. The van der Waals surface area contributed by atoms with Gasteiger partial charge in [-0.05, 0) is 11.1 Å². The Morgan fingerprint density at radius 3 is 2.40 bits per heavy atom. The molecule has 5 rings (SSSR count). The normalized spacial score (nSPS) is 23.9. The van der Waals surface area contributed by atoms with Crippen molar-refractivity contribution in [2.75, 3.05) is 12.3 Å². The number of nitrogens with zero attached hydrogens (tertiary/aromatic N) is 4. The van der Waals surface area contributed by atoms with Crippen molar-refractivity contribution >= 4 is 17.0 Å². The molecule has 0 saturated carbocycles. The summed E-state index contributed by atoms with van der Waals surface area (Å²) < 4.78 is 20.1. The number of hydrogen-bond donors (Lipinski definition) is 2. The van der Waals surface area contributed by atoms with E-state index < -0.39 is 24.0 Å². The molecule has 0 aliphatic carbocycles. The van der Waals surface area contributed by atoms with E-state index in [9.17, 15) is 5.11 Å². The standard InChI is InChI=1S/C26H25N5O4/c1-2-26(15-33-13-18-9-5-3-6-10-18)22(34-14-19-11-7-4-8-12-19)21(32)25(35-26)31-17-30-20-23(27)28-16-29-24(20)31/h1,3-12,16-17,21-22,25,32H,13-15H2,(H2,27,28,29)/t21?,22?,25-,26-/m1/s1. The number of benzene rings is 2. The summed E-state index contributed by atoms with van der Waals surface area (Å²) in [6, 6.07) is 19.4. The molecule has 1 saturated heterocycles. The number of terminal acetylenes is 1. The van der Waals surface area contributed by atoms with Crippen molar-refractivity contribution in [1.82, 2.24) is 19.5 Å². The van der Waals surface area contributed by atoms with E-state index in [2.05, 4.69) is 20.9 Å². The van der Waals surface area contributed by atoms with Crippen LogP contribution in [0.2, 0.25) is 0 Å². The van der Waals surface area contributed by atoms with E-state index in [0.717, 1.165) is 11.1 Å². The highest BCUT2D eigenvalue weighted by Crippen LogP contribution is 2.41. The molecule has 4 atom stereocenters. The summed E-state index contributed by atoms with van der Waals surface area (Å²) in [4.78, 5) is 12.5. The predicted octanol–water partition coefficient (Wildman–Crippen LogP) is 2.47. The Morgan fingerprint density at radius 1 is 1.03 bits per heavy atom. The molecule has 0 radical (unpaired) electrons. The van der Waals surface area contributed by atoms with Gasteiger partial charge < -0.3 is 25.1 Å². The Hall–Kier alpha value is -3.81. The molecule has 9 nitrogen and oxygen atoms in total. The van der Waals surface area contributed by atoms with E-state index in [-0.39, 0.29) is 19.0 Å². The fourth-order valence-corrected chi connectivity index (χ4v) is 4.22. The number of aliphatic hydroxyl groups excluding tert-OH is 1. The first-order valence-corrected chi connectivity index (χ1v) is 11.1. The minimum atomic E-state index is -1.36. The Kier molecular flexibility index (Phi) is 6.44. The molecule has 3 N–H and O–H groups in total. The lowest BCUT2D eigenvalue weighted by Gasteiger charge is -2.29. The first-order chi connectivity index (χ1) is 17.1. The third-order valence-corrected chi connectivity index (χ3v) is 6.00. The fraction of sp³-hybridized carbons (Fsp3) is 0.269. The zero-order valence-corrected chi connectivity index (χ0v) is 18.9. The average Bonchev–Trinajstić information content (AvgIpc) is 3.44. The van der Waals surface area contributed by atoms with Crippen LogP contribution < -0.4 is 5.73 Å². The van der Waals surface area contributed by atoms with Gasteiger partial charge in [0.1, 0.15) is 24.1 Å². The molecule has 0 spiro atoms. The van der Waals surface area contributed by atoms with Crippen LogP contribution in [-0.2, 0) is 27.4 Å². The van der Waals surface area contributed by atoms with Crippen molar-refractivity contribution < 1.29 is 19.3 Å². The molecule has 1 aliphatic rings. The molecule has 0 bridgehead atoms.